The summed E-state index contributed by atoms with van der Waals surface area (Å²) in [6, 6.07) is 14.0. The van der Waals surface area contributed by atoms with E-state index >= 15 is 0 Å². The lowest BCUT2D eigenvalue weighted by molar-refractivity contribution is -0.150. The first-order valence-corrected chi connectivity index (χ1v) is 16.4. The molecule has 3 aromatic rings. The molecule has 9 heteroatoms. The molecule has 0 spiro atoms. The number of esters is 3. The minimum absolute atomic E-state index is 0.0165. The number of hydrogen-bond acceptors (Lipinski definition) is 8. The number of nitrogens with zero attached hydrogens (tertiary/aromatic N) is 2. The van der Waals surface area contributed by atoms with Crippen LogP contribution in [0.2, 0.25) is 5.02 Å². The molecule has 3 aliphatic rings. The summed E-state index contributed by atoms with van der Waals surface area (Å²) in [4.78, 5) is 47.4. The zero-order valence-corrected chi connectivity index (χ0v) is 27.7. The van der Waals surface area contributed by atoms with Gasteiger partial charge in [-0.05, 0) is 91.1 Å². The molecule has 2 fully saturated rings. The standard InChI is InChI=1S/C39H37ClN2O6/c1-25-8-15-33-38(2,32(25)14-11-27-21-31(47-36(27)44)20-26-9-12-30(40)13-10-26)17-16-34(48-37(45)29-7-5-19-42-23-29)39(33,3)24-46-35(43)28-6-4-18-41-22-28/h4-7,9-14,18-23,32-34H,1,8,15-17,24H2,2-3H3/b14-11+,31-20-/t32-,33?,34-,38+,39+/m1/s1. The van der Waals surface area contributed by atoms with E-state index in [0.717, 1.165) is 30.4 Å². The maximum absolute atomic E-state index is 13.3. The lowest BCUT2D eigenvalue weighted by Crippen LogP contribution is -2.58. The highest BCUT2D eigenvalue weighted by molar-refractivity contribution is 6.30. The van der Waals surface area contributed by atoms with E-state index in [1.54, 1.807) is 60.9 Å². The molecule has 0 radical (unpaired) electrons. The molecule has 8 nitrogen and oxygen atoms in total. The van der Waals surface area contributed by atoms with Gasteiger partial charge in [-0.15, -0.1) is 0 Å². The fourth-order valence-electron chi connectivity index (χ4n) is 7.64. The number of allylic oxidation sites excluding steroid dienone is 3. The maximum Gasteiger partial charge on any atom is 0.343 e. The molecule has 2 aliphatic carbocycles. The Labute approximate surface area is 285 Å². The minimum atomic E-state index is -0.727. The third-order valence-corrected chi connectivity index (χ3v) is 10.4. The quantitative estimate of drug-likeness (QED) is 0.136. The summed E-state index contributed by atoms with van der Waals surface area (Å²) in [6.07, 6.45) is 15.8. The second-order valence-corrected chi connectivity index (χ2v) is 13.6. The smallest absolute Gasteiger partial charge is 0.343 e. The Hall–Kier alpha value is -4.82. The highest BCUT2D eigenvalue weighted by atomic mass is 35.5. The van der Waals surface area contributed by atoms with Gasteiger partial charge in [-0.1, -0.05) is 61.9 Å². The lowest BCUT2D eigenvalue weighted by Gasteiger charge is -2.59. The van der Waals surface area contributed by atoms with Gasteiger partial charge in [0.2, 0.25) is 0 Å². The van der Waals surface area contributed by atoms with Crippen LogP contribution in [0.4, 0.5) is 0 Å². The molecule has 3 heterocycles. The predicted octanol–water partition coefficient (Wildman–Crippen LogP) is 7.98. The third kappa shape index (κ3) is 6.76. The average molecular weight is 665 g/mol. The number of rotatable bonds is 8. The molecular formula is C39H37ClN2O6. The highest BCUT2D eigenvalue weighted by Crippen LogP contribution is 2.62. The van der Waals surface area contributed by atoms with Crippen LogP contribution in [0.25, 0.3) is 6.08 Å². The second-order valence-electron chi connectivity index (χ2n) is 13.2. The van der Waals surface area contributed by atoms with Crippen LogP contribution in [0.15, 0.2) is 115 Å². The van der Waals surface area contributed by atoms with Crippen molar-refractivity contribution in [1.82, 2.24) is 9.97 Å². The molecule has 48 heavy (non-hydrogen) atoms. The normalized spacial score (nSPS) is 27.7. The van der Waals surface area contributed by atoms with Gasteiger partial charge in [-0.3, -0.25) is 9.97 Å². The van der Waals surface area contributed by atoms with E-state index in [9.17, 15) is 14.4 Å². The minimum Gasteiger partial charge on any atom is -0.461 e. The summed E-state index contributed by atoms with van der Waals surface area (Å²) in [5.74, 6) is -1.03. The Bertz CT molecular complexity index is 1800. The summed E-state index contributed by atoms with van der Waals surface area (Å²) in [7, 11) is 0. The molecule has 0 saturated heterocycles. The molecule has 0 N–H and O–H groups in total. The molecule has 5 atom stereocenters. The van der Waals surface area contributed by atoms with Gasteiger partial charge in [0, 0.05) is 41.1 Å². The van der Waals surface area contributed by atoms with Crippen LogP contribution < -0.4 is 0 Å². The molecule has 246 valence electrons. The topological polar surface area (TPSA) is 105 Å². The van der Waals surface area contributed by atoms with Gasteiger partial charge in [-0.2, -0.15) is 0 Å². The first kappa shape index (κ1) is 33.1. The molecule has 1 aromatic carbocycles. The van der Waals surface area contributed by atoms with Crippen molar-refractivity contribution < 1.29 is 28.6 Å². The van der Waals surface area contributed by atoms with E-state index in [-0.39, 0.29) is 23.9 Å². The third-order valence-electron chi connectivity index (χ3n) is 10.1. The largest absolute Gasteiger partial charge is 0.461 e. The van der Waals surface area contributed by atoms with E-state index in [2.05, 4.69) is 29.5 Å². The number of pyridine rings is 2. The number of cyclic esters (lactones) is 1. The van der Waals surface area contributed by atoms with E-state index in [0.29, 0.717) is 33.9 Å². The molecule has 6 rings (SSSR count). The number of ether oxygens (including phenoxy) is 3. The highest BCUT2D eigenvalue weighted by Gasteiger charge is 2.59. The van der Waals surface area contributed by atoms with Crippen molar-refractivity contribution in [2.45, 2.75) is 45.6 Å². The Morgan fingerprint density at radius 1 is 1.02 bits per heavy atom. The fourth-order valence-corrected chi connectivity index (χ4v) is 7.76. The molecular weight excluding hydrogens is 628 g/mol. The van der Waals surface area contributed by atoms with Gasteiger partial charge in [0.05, 0.1) is 16.7 Å². The Kier molecular flexibility index (Phi) is 9.47. The number of hydrogen-bond donors (Lipinski definition) is 0. The van der Waals surface area contributed by atoms with Gasteiger partial charge < -0.3 is 14.2 Å². The summed E-state index contributed by atoms with van der Waals surface area (Å²) in [6.45, 7) is 8.77. The van der Waals surface area contributed by atoms with Crippen molar-refractivity contribution >= 4 is 35.6 Å². The van der Waals surface area contributed by atoms with Gasteiger partial charge >= 0.3 is 17.9 Å². The molecule has 0 amide bonds. The zero-order valence-electron chi connectivity index (χ0n) is 26.9. The van der Waals surface area contributed by atoms with Gasteiger partial charge in [0.1, 0.15) is 18.5 Å². The average Bonchev–Trinajstić information content (AvgIpc) is 3.44. The number of benzene rings is 1. The van der Waals surface area contributed by atoms with Crippen molar-refractivity contribution in [3.05, 3.63) is 137 Å². The van der Waals surface area contributed by atoms with Crippen LogP contribution in [0.5, 0.6) is 0 Å². The summed E-state index contributed by atoms with van der Waals surface area (Å²) < 4.78 is 17.7. The fraction of sp³-hybridized carbons (Fsp3) is 0.308. The first-order valence-electron chi connectivity index (χ1n) is 16.0. The summed E-state index contributed by atoms with van der Waals surface area (Å²) >= 11 is 6.01. The second kappa shape index (κ2) is 13.7. The Balaban J connectivity index is 1.28. The van der Waals surface area contributed by atoms with Crippen LogP contribution in [0, 0.1) is 22.7 Å². The summed E-state index contributed by atoms with van der Waals surface area (Å²) in [5, 5.41) is 0.627. The van der Waals surface area contributed by atoms with E-state index < -0.39 is 29.4 Å². The van der Waals surface area contributed by atoms with E-state index in [4.69, 9.17) is 25.8 Å². The van der Waals surface area contributed by atoms with Crippen molar-refractivity contribution in [3.63, 3.8) is 0 Å². The van der Waals surface area contributed by atoms with Crippen LogP contribution in [0.1, 0.15) is 65.8 Å². The first-order chi connectivity index (χ1) is 23.1. The van der Waals surface area contributed by atoms with Crippen molar-refractivity contribution in [3.8, 4) is 0 Å². The molecule has 1 unspecified atom stereocenters. The number of aromatic nitrogens is 2. The van der Waals surface area contributed by atoms with E-state index in [1.165, 1.54) is 12.4 Å². The van der Waals surface area contributed by atoms with Crippen LogP contribution in [-0.2, 0) is 19.0 Å². The lowest BCUT2D eigenvalue weighted by atomic mass is 9.46. The van der Waals surface area contributed by atoms with Crippen LogP contribution in [-0.4, -0.2) is 40.6 Å². The van der Waals surface area contributed by atoms with Crippen molar-refractivity contribution in [2.24, 2.45) is 22.7 Å². The SMILES string of the molecule is C=C1CCC2[C@](C)(COC(=O)c3cccnc3)[C@H](OC(=O)c3cccnc3)CC[C@@]2(C)[C@@H]1/C=C/C1=CC(=C/c2ccc(Cl)cc2)/OC1=O. The number of carbonyl (C=O) groups excluding carboxylic acids is 3. The van der Waals surface area contributed by atoms with Crippen molar-refractivity contribution in [1.29, 1.82) is 0 Å². The number of carbonyl (C=O) groups is 3. The maximum atomic E-state index is 13.3. The van der Waals surface area contributed by atoms with Gasteiger partial charge in [0.25, 0.3) is 0 Å². The molecule has 2 saturated carbocycles. The summed E-state index contributed by atoms with van der Waals surface area (Å²) in [5.41, 5.74) is 2.03. The van der Waals surface area contributed by atoms with Crippen LogP contribution in [0.3, 0.4) is 0 Å². The van der Waals surface area contributed by atoms with Crippen molar-refractivity contribution in [2.75, 3.05) is 6.61 Å². The van der Waals surface area contributed by atoms with E-state index in [1.807, 2.05) is 25.1 Å². The Morgan fingerprint density at radius 3 is 2.38 bits per heavy atom. The number of halogens is 1. The van der Waals surface area contributed by atoms with Crippen LogP contribution >= 0.6 is 11.6 Å². The zero-order chi connectivity index (χ0) is 33.9. The van der Waals surface area contributed by atoms with Gasteiger partial charge in [0.15, 0.2) is 0 Å². The predicted molar refractivity (Wildman–Crippen MR) is 182 cm³/mol. The molecule has 0 bridgehead atoms. The Morgan fingerprint density at radius 2 is 1.71 bits per heavy atom. The van der Waals surface area contributed by atoms with Gasteiger partial charge in [-0.25, -0.2) is 14.4 Å². The molecule has 1 aliphatic heterocycles. The monoisotopic (exact) mass is 664 g/mol. The molecule has 2 aromatic heterocycles. The number of fused-ring (bicyclic) bond motifs is 1.